The van der Waals surface area contributed by atoms with E-state index >= 15 is 0 Å². The molecule has 2 N–H and O–H groups in total. The average molecular weight is 591 g/mol. The van der Waals surface area contributed by atoms with Gasteiger partial charge in [0.25, 0.3) is 11.8 Å². The van der Waals surface area contributed by atoms with E-state index in [9.17, 15) is 14.4 Å². The summed E-state index contributed by atoms with van der Waals surface area (Å²) in [6.45, 7) is 14.9. The van der Waals surface area contributed by atoms with E-state index in [1.807, 2.05) is 24.3 Å². The van der Waals surface area contributed by atoms with Crippen molar-refractivity contribution in [2.24, 2.45) is 0 Å². The van der Waals surface area contributed by atoms with Gasteiger partial charge in [0.1, 0.15) is 16.4 Å². The van der Waals surface area contributed by atoms with Crippen molar-refractivity contribution in [2.45, 2.75) is 52.4 Å². The minimum Gasteiger partial charge on any atom is -0.464 e. The number of alkyl halides is 1. The highest BCUT2D eigenvalue weighted by molar-refractivity contribution is 9.09. The molecule has 7 nitrogen and oxygen atoms in total. The number of carbonyl (C=O) groups excluding carboxylic acids is 3. The highest BCUT2D eigenvalue weighted by Crippen LogP contribution is 2.24. The van der Waals surface area contributed by atoms with Crippen molar-refractivity contribution in [2.75, 3.05) is 12.4 Å². The molecular weight excluding hydrogens is 554 g/mol. The van der Waals surface area contributed by atoms with Crippen LogP contribution in [-0.2, 0) is 20.7 Å². The molecule has 0 saturated carbocycles. The largest absolute Gasteiger partial charge is 0.464 e. The van der Waals surface area contributed by atoms with Crippen LogP contribution in [0.4, 0.5) is 0 Å². The maximum Gasteiger partial charge on any atom is 0.353 e. The molecule has 0 radical (unpaired) electrons. The van der Waals surface area contributed by atoms with Crippen LogP contribution < -0.4 is 10.6 Å². The van der Waals surface area contributed by atoms with Gasteiger partial charge in [-0.2, -0.15) is 0 Å². The summed E-state index contributed by atoms with van der Waals surface area (Å²) < 4.78 is 4.43. The number of hydrogen-bond donors (Lipinski definition) is 2. The predicted molar refractivity (Wildman–Crippen MR) is 155 cm³/mol. The summed E-state index contributed by atoms with van der Waals surface area (Å²) in [6.07, 6.45) is 7.23. The first kappa shape index (κ1) is 32.0. The molecule has 0 atom stereocenters. The van der Waals surface area contributed by atoms with Crippen LogP contribution >= 0.6 is 27.3 Å². The fourth-order valence-corrected chi connectivity index (χ4v) is 4.16. The number of rotatable bonds is 13. The lowest BCUT2D eigenvalue weighted by molar-refractivity contribution is -0.137. The van der Waals surface area contributed by atoms with E-state index in [2.05, 4.69) is 69.9 Å². The van der Waals surface area contributed by atoms with Crippen LogP contribution in [-0.4, -0.2) is 35.2 Å². The van der Waals surface area contributed by atoms with Gasteiger partial charge < -0.3 is 15.4 Å². The molecule has 37 heavy (non-hydrogen) atoms. The maximum absolute atomic E-state index is 12.3. The molecule has 0 aliphatic carbocycles. The van der Waals surface area contributed by atoms with Gasteiger partial charge in [0.2, 0.25) is 0 Å². The molecule has 2 amide bonds. The number of unbranched alkanes of at least 4 members (excludes halogenated alkanes) is 2. The van der Waals surface area contributed by atoms with E-state index in [1.54, 1.807) is 5.38 Å². The van der Waals surface area contributed by atoms with Crippen LogP contribution in [0.2, 0.25) is 0 Å². The van der Waals surface area contributed by atoms with Crippen molar-refractivity contribution in [1.82, 2.24) is 15.6 Å². The SMILES string of the molecule is C=C(C)CCCCCBr.C=C(NC(=O)c1csc(-c2ccc(CCC)cc2)n1)C(=O)NC(=C)C(=O)OC. The molecule has 1 heterocycles. The summed E-state index contributed by atoms with van der Waals surface area (Å²) in [4.78, 5) is 39.8. The normalized spacial score (nSPS) is 9.95. The zero-order valence-electron chi connectivity index (χ0n) is 21.8. The lowest BCUT2D eigenvalue weighted by atomic mass is 10.1. The second-order valence-corrected chi connectivity index (χ2v) is 9.95. The number of allylic oxidation sites excluding steroid dienone is 1. The lowest BCUT2D eigenvalue weighted by Gasteiger charge is -2.09. The topological polar surface area (TPSA) is 97.4 Å². The van der Waals surface area contributed by atoms with E-state index < -0.39 is 17.8 Å². The number of carbonyl (C=O) groups is 3. The Morgan fingerprint density at radius 1 is 1.03 bits per heavy atom. The number of thiazole rings is 1. The predicted octanol–water partition coefficient (Wildman–Crippen LogP) is 6.33. The summed E-state index contributed by atoms with van der Waals surface area (Å²) >= 11 is 4.72. The first-order valence-electron chi connectivity index (χ1n) is 12.0. The standard InChI is InChI=1S/C20H21N3O4S.C8H15Br/c1-5-6-14-7-9-15(10-8-14)19-23-16(11-28-19)18(25)21-12(2)17(24)22-13(3)20(26)27-4;1-8(2)6-4-3-5-7-9/h7-11H,2-3,5-6H2,1,4H3,(H,21,25)(H,22,24);1,3-7H2,2H3. The first-order valence-corrected chi connectivity index (χ1v) is 14.0. The second kappa shape index (κ2) is 17.4. The van der Waals surface area contributed by atoms with Gasteiger partial charge >= 0.3 is 5.97 Å². The first-order chi connectivity index (χ1) is 17.6. The van der Waals surface area contributed by atoms with Gasteiger partial charge in [-0.1, -0.05) is 78.7 Å². The quantitative estimate of drug-likeness (QED) is 0.0935. The Balaban J connectivity index is 0.000000649. The molecule has 9 heteroatoms. The van der Waals surface area contributed by atoms with Crippen molar-refractivity contribution in [3.05, 3.63) is 77.6 Å². The Hall–Kier alpha value is -3.04. The van der Waals surface area contributed by atoms with Gasteiger partial charge in [0.05, 0.1) is 12.8 Å². The Bertz CT molecular complexity index is 1090. The summed E-state index contributed by atoms with van der Waals surface area (Å²) in [5, 5.41) is 7.99. The number of nitrogens with zero attached hydrogens (tertiary/aromatic N) is 1. The van der Waals surface area contributed by atoms with Gasteiger partial charge in [0.15, 0.2) is 0 Å². The number of aromatic nitrogens is 1. The van der Waals surface area contributed by atoms with Gasteiger partial charge in [0, 0.05) is 16.3 Å². The van der Waals surface area contributed by atoms with Crippen molar-refractivity contribution in [1.29, 1.82) is 0 Å². The molecule has 2 aromatic rings. The summed E-state index contributed by atoms with van der Waals surface area (Å²) in [5.41, 5.74) is 3.13. The Kier molecular flexibility index (Phi) is 15.1. The average Bonchev–Trinajstić information content (AvgIpc) is 3.37. The molecular formula is C28H36BrN3O4S. The van der Waals surface area contributed by atoms with E-state index in [-0.39, 0.29) is 17.1 Å². The van der Waals surface area contributed by atoms with E-state index in [0.717, 1.165) is 30.8 Å². The second-order valence-electron chi connectivity index (χ2n) is 8.30. The van der Waals surface area contributed by atoms with Crippen LogP contribution in [0.15, 0.2) is 66.3 Å². The molecule has 1 aromatic carbocycles. The minimum atomic E-state index is -0.790. The highest BCUT2D eigenvalue weighted by atomic mass is 79.9. The Labute approximate surface area is 232 Å². The summed E-state index contributed by atoms with van der Waals surface area (Å²) in [6, 6.07) is 8.02. The summed E-state index contributed by atoms with van der Waals surface area (Å²) in [5.74, 6) is -2.14. The number of ether oxygens (including phenoxy) is 1. The highest BCUT2D eigenvalue weighted by Gasteiger charge is 2.18. The van der Waals surface area contributed by atoms with Crippen LogP contribution in [0.5, 0.6) is 0 Å². The molecule has 0 aliphatic rings. The Morgan fingerprint density at radius 3 is 2.27 bits per heavy atom. The molecule has 2 rings (SSSR count). The lowest BCUT2D eigenvalue weighted by Crippen LogP contribution is -2.35. The number of nitrogens with one attached hydrogen (secondary N) is 2. The molecule has 0 aliphatic heterocycles. The van der Waals surface area contributed by atoms with Gasteiger partial charge in [-0.3, -0.25) is 9.59 Å². The number of benzene rings is 1. The third-order valence-electron chi connectivity index (χ3n) is 4.95. The number of hydrogen-bond acceptors (Lipinski definition) is 6. The van der Waals surface area contributed by atoms with E-state index in [4.69, 9.17) is 0 Å². The number of esters is 1. The number of methoxy groups -OCH3 is 1. The monoisotopic (exact) mass is 589 g/mol. The fourth-order valence-electron chi connectivity index (χ4n) is 2.96. The van der Waals surface area contributed by atoms with Gasteiger partial charge in [-0.25, -0.2) is 9.78 Å². The maximum atomic E-state index is 12.3. The molecule has 0 spiro atoms. The summed E-state index contributed by atoms with van der Waals surface area (Å²) in [7, 11) is 1.16. The molecule has 200 valence electrons. The zero-order chi connectivity index (χ0) is 27.8. The van der Waals surface area contributed by atoms with Crippen molar-refractivity contribution in [3.63, 3.8) is 0 Å². The molecule has 0 saturated heterocycles. The number of halogens is 1. The van der Waals surface area contributed by atoms with E-state index in [0.29, 0.717) is 5.01 Å². The van der Waals surface area contributed by atoms with Crippen LogP contribution in [0.1, 0.15) is 62.0 Å². The van der Waals surface area contributed by atoms with Crippen molar-refractivity contribution < 1.29 is 19.1 Å². The molecule has 1 aromatic heterocycles. The minimum absolute atomic E-state index is 0.165. The molecule has 0 unspecified atom stereocenters. The molecule has 0 bridgehead atoms. The van der Waals surface area contributed by atoms with Gasteiger partial charge in [-0.05, 0) is 38.2 Å². The third-order valence-corrected chi connectivity index (χ3v) is 6.40. The van der Waals surface area contributed by atoms with Gasteiger partial charge in [-0.15, -0.1) is 17.9 Å². The van der Waals surface area contributed by atoms with Crippen molar-refractivity contribution >= 4 is 45.1 Å². The number of amides is 2. The van der Waals surface area contributed by atoms with Crippen molar-refractivity contribution in [3.8, 4) is 10.6 Å². The van der Waals surface area contributed by atoms with Crippen LogP contribution in [0, 0.1) is 0 Å². The zero-order valence-corrected chi connectivity index (χ0v) is 24.2. The Morgan fingerprint density at radius 2 is 1.70 bits per heavy atom. The smallest absolute Gasteiger partial charge is 0.353 e. The number of aryl methyl sites for hydroxylation is 1. The van der Waals surface area contributed by atoms with Crippen LogP contribution in [0.25, 0.3) is 10.6 Å². The van der Waals surface area contributed by atoms with Crippen LogP contribution in [0.3, 0.4) is 0 Å². The molecule has 0 fully saturated rings. The fraction of sp³-hybridized carbons (Fsp3) is 0.357. The third kappa shape index (κ3) is 12.2. The van der Waals surface area contributed by atoms with E-state index in [1.165, 1.54) is 48.2 Å².